The number of benzene rings is 1. The Morgan fingerprint density at radius 1 is 1.00 bits per heavy atom. The zero-order valence-corrected chi connectivity index (χ0v) is 11.5. The molecular weight excluding hydrogens is 264 g/mol. The van der Waals surface area contributed by atoms with Crippen LogP contribution in [0.1, 0.15) is 11.4 Å². The fourth-order valence-electron chi connectivity index (χ4n) is 1.94. The molecule has 106 valence electrons. The van der Waals surface area contributed by atoms with Crippen molar-refractivity contribution in [2.75, 3.05) is 0 Å². The van der Waals surface area contributed by atoms with Crippen LogP contribution in [0.5, 0.6) is 5.75 Å². The van der Waals surface area contributed by atoms with Gasteiger partial charge < -0.3 is 10.5 Å². The van der Waals surface area contributed by atoms with E-state index in [0.717, 1.165) is 17.1 Å². The van der Waals surface area contributed by atoms with Gasteiger partial charge >= 0.3 is 0 Å². The Labute approximate surface area is 123 Å². The topological polar surface area (TPSA) is 66.0 Å². The van der Waals surface area contributed by atoms with Crippen LogP contribution >= 0.6 is 0 Å². The van der Waals surface area contributed by atoms with E-state index >= 15 is 0 Å². The lowest BCUT2D eigenvalue weighted by Crippen LogP contribution is -2.01. The number of hydrogen-bond acceptors (Lipinski definition) is 4. The summed E-state index contributed by atoms with van der Waals surface area (Å²) in [6.45, 7) is 0.839. The maximum Gasteiger partial charge on any atom is 0.138 e. The summed E-state index contributed by atoms with van der Waals surface area (Å²) in [5, 5.41) is 4.48. The highest BCUT2D eigenvalue weighted by atomic mass is 16.5. The third-order valence-corrected chi connectivity index (χ3v) is 3.06. The minimum Gasteiger partial charge on any atom is -0.486 e. The zero-order chi connectivity index (χ0) is 14.5. The number of rotatable bonds is 5. The number of hydrogen-bond donors (Lipinski definition) is 1. The monoisotopic (exact) mass is 280 g/mol. The quantitative estimate of drug-likeness (QED) is 0.779. The van der Waals surface area contributed by atoms with Crippen LogP contribution in [0.25, 0.3) is 5.69 Å². The molecule has 0 aliphatic rings. The van der Waals surface area contributed by atoms with Crippen molar-refractivity contribution in [3.63, 3.8) is 0 Å². The standard InChI is InChI=1S/C16H16N4O/c17-10-13-6-7-16(11-18-13)21-12-14-8-9-20(19-14)15-4-2-1-3-5-15/h1-9,11H,10,12,17H2. The molecule has 0 radical (unpaired) electrons. The maximum atomic E-state index is 5.66. The smallest absolute Gasteiger partial charge is 0.138 e. The lowest BCUT2D eigenvalue weighted by atomic mass is 10.3. The molecule has 5 nitrogen and oxygen atoms in total. The first-order chi connectivity index (χ1) is 10.3. The second kappa shape index (κ2) is 6.19. The summed E-state index contributed by atoms with van der Waals surface area (Å²) in [5.41, 5.74) is 8.24. The van der Waals surface area contributed by atoms with E-state index in [1.165, 1.54) is 0 Å². The van der Waals surface area contributed by atoms with Crippen molar-refractivity contribution in [1.29, 1.82) is 0 Å². The molecule has 0 saturated heterocycles. The summed E-state index contributed by atoms with van der Waals surface area (Å²) in [7, 11) is 0. The number of nitrogens with two attached hydrogens (primary N) is 1. The van der Waals surface area contributed by atoms with Crippen LogP contribution in [0.3, 0.4) is 0 Å². The first-order valence-corrected chi connectivity index (χ1v) is 6.73. The molecule has 0 amide bonds. The lowest BCUT2D eigenvalue weighted by Gasteiger charge is -2.04. The van der Waals surface area contributed by atoms with Crippen molar-refractivity contribution in [3.8, 4) is 11.4 Å². The van der Waals surface area contributed by atoms with Crippen LogP contribution in [0.15, 0.2) is 60.9 Å². The molecule has 0 spiro atoms. The molecule has 0 unspecified atom stereocenters. The molecule has 0 bridgehead atoms. The van der Waals surface area contributed by atoms with E-state index < -0.39 is 0 Å². The predicted octanol–water partition coefficient (Wildman–Crippen LogP) is 2.31. The minimum atomic E-state index is 0.406. The van der Waals surface area contributed by atoms with Crippen LogP contribution in [0.2, 0.25) is 0 Å². The molecule has 0 aliphatic carbocycles. The van der Waals surface area contributed by atoms with Crippen molar-refractivity contribution in [2.24, 2.45) is 5.73 Å². The SMILES string of the molecule is NCc1ccc(OCc2ccn(-c3ccccc3)n2)cn1. The van der Waals surface area contributed by atoms with Crippen LogP contribution in [0, 0.1) is 0 Å². The van der Waals surface area contributed by atoms with Crippen molar-refractivity contribution in [2.45, 2.75) is 13.2 Å². The Hall–Kier alpha value is -2.66. The lowest BCUT2D eigenvalue weighted by molar-refractivity contribution is 0.299. The molecule has 0 atom stereocenters. The Morgan fingerprint density at radius 2 is 1.86 bits per heavy atom. The van der Waals surface area contributed by atoms with Crippen LogP contribution in [-0.4, -0.2) is 14.8 Å². The normalized spacial score (nSPS) is 10.5. The molecule has 2 heterocycles. The Morgan fingerprint density at radius 3 is 2.57 bits per heavy atom. The number of nitrogens with zero attached hydrogens (tertiary/aromatic N) is 3. The number of para-hydroxylation sites is 1. The second-order valence-electron chi connectivity index (χ2n) is 4.57. The van der Waals surface area contributed by atoms with Gasteiger partial charge in [0.1, 0.15) is 18.1 Å². The molecule has 3 rings (SSSR count). The molecule has 5 heteroatoms. The Balaban J connectivity index is 1.64. The Bertz CT molecular complexity index is 692. The Kier molecular flexibility index (Phi) is 3.93. The highest BCUT2D eigenvalue weighted by Crippen LogP contribution is 2.12. The van der Waals surface area contributed by atoms with Crippen LogP contribution in [0.4, 0.5) is 0 Å². The molecule has 0 aliphatic heterocycles. The third-order valence-electron chi connectivity index (χ3n) is 3.06. The van der Waals surface area contributed by atoms with Gasteiger partial charge in [-0.15, -0.1) is 0 Å². The fourth-order valence-corrected chi connectivity index (χ4v) is 1.94. The largest absolute Gasteiger partial charge is 0.486 e. The minimum absolute atomic E-state index is 0.406. The van der Waals surface area contributed by atoms with Gasteiger partial charge in [0.2, 0.25) is 0 Å². The van der Waals surface area contributed by atoms with Gasteiger partial charge in [0.15, 0.2) is 0 Å². The summed E-state index contributed by atoms with van der Waals surface area (Å²) in [5.74, 6) is 0.710. The van der Waals surface area contributed by atoms with Gasteiger partial charge in [0, 0.05) is 12.7 Å². The molecule has 0 fully saturated rings. The van der Waals surface area contributed by atoms with Crippen molar-refractivity contribution in [3.05, 3.63) is 72.3 Å². The predicted molar refractivity (Wildman–Crippen MR) is 80.0 cm³/mol. The first-order valence-electron chi connectivity index (χ1n) is 6.73. The van der Waals surface area contributed by atoms with Crippen molar-refractivity contribution in [1.82, 2.24) is 14.8 Å². The van der Waals surface area contributed by atoms with E-state index in [-0.39, 0.29) is 0 Å². The molecule has 3 aromatic rings. The highest BCUT2D eigenvalue weighted by molar-refractivity contribution is 5.30. The van der Waals surface area contributed by atoms with E-state index in [2.05, 4.69) is 10.1 Å². The molecule has 0 saturated carbocycles. The summed E-state index contributed by atoms with van der Waals surface area (Å²) < 4.78 is 7.49. The van der Waals surface area contributed by atoms with E-state index in [4.69, 9.17) is 10.5 Å². The van der Waals surface area contributed by atoms with Gasteiger partial charge in [0.25, 0.3) is 0 Å². The second-order valence-corrected chi connectivity index (χ2v) is 4.57. The maximum absolute atomic E-state index is 5.66. The van der Waals surface area contributed by atoms with Crippen molar-refractivity contribution >= 4 is 0 Å². The first kappa shape index (κ1) is 13.3. The summed E-state index contributed by atoms with van der Waals surface area (Å²) in [6.07, 6.45) is 3.60. The number of ether oxygens (including phenoxy) is 1. The number of aromatic nitrogens is 3. The summed E-state index contributed by atoms with van der Waals surface area (Å²) >= 11 is 0. The van der Waals surface area contributed by atoms with Gasteiger partial charge in [-0.2, -0.15) is 5.10 Å². The highest BCUT2D eigenvalue weighted by Gasteiger charge is 2.02. The molecule has 2 aromatic heterocycles. The average Bonchev–Trinajstić information content (AvgIpc) is 3.03. The molecular formula is C16H16N4O. The van der Waals surface area contributed by atoms with Gasteiger partial charge in [-0.05, 0) is 30.3 Å². The average molecular weight is 280 g/mol. The molecule has 1 aromatic carbocycles. The van der Waals surface area contributed by atoms with E-state index in [1.807, 2.05) is 59.4 Å². The molecule has 2 N–H and O–H groups in total. The summed E-state index contributed by atoms with van der Waals surface area (Å²) in [6, 6.07) is 15.6. The van der Waals surface area contributed by atoms with Gasteiger partial charge in [-0.25, -0.2) is 4.68 Å². The fraction of sp³-hybridized carbons (Fsp3) is 0.125. The summed E-state index contributed by atoms with van der Waals surface area (Å²) in [4.78, 5) is 4.19. The van der Waals surface area contributed by atoms with Crippen LogP contribution < -0.4 is 10.5 Å². The number of pyridine rings is 1. The van der Waals surface area contributed by atoms with Crippen LogP contribution in [-0.2, 0) is 13.2 Å². The van der Waals surface area contributed by atoms with E-state index in [0.29, 0.717) is 18.9 Å². The van der Waals surface area contributed by atoms with Crippen molar-refractivity contribution < 1.29 is 4.74 Å². The molecule has 21 heavy (non-hydrogen) atoms. The van der Waals surface area contributed by atoms with E-state index in [9.17, 15) is 0 Å². The third kappa shape index (κ3) is 3.27. The van der Waals surface area contributed by atoms with E-state index in [1.54, 1.807) is 6.20 Å². The van der Waals surface area contributed by atoms with Gasteiger partial charge in [-0.1, -0.05) is 18.2 Å². The van der Waals surface area contributed by atoms with Gasteiger partial charge in [0.05, 0.1) is 17.6 Å². The van der Waals surface area contributed by atoms with Gasteiger partial charge in [-0.3, -0.25) is 4.98 Å². The zero-order valence-electron chi connectivity index (χ0n) is 11.5.